The molecule has 0 aromatic carbocycles. The van der Waals surface area contributed by atoms with Gasteiger partial charge in [0.05, 0.1) is 13.1 Å². The van der Waals surface area contributed by atoms with Crippen LogP contribution in [-0.2, 0) is 9.53 Å². The Morgan fingerprint density at radius 1 is 1.55 bits per heavy atom. The predicted molar refractivity (Wildman–Crippen MR) is 65.3 cm³/mol. The molecule has 2 N–H and O–H groups in total. The zero-order chi connectivity index (χ0) is 14.9. The molecule has 0 radical (unpaired) electrons. The molecule has 1 aromatic heterocycles. The van der Waals surface area contributed by atoms with Gasteiger partial charge in [-0.3, -0.25) is 4.79 Å². The number of nitro groups is 1. The number of aromatic nitrogens is 1. The highest BCUT2D eigenvalue weighted by Crippen LogP contribution is 2.26. The van der Waals surface area contributed by atoms with Gasteiger partial charge in [-0.05, 0) is 17.9 Å². The highest BCUT2D eigenvalue weighted by atomic mass is 16.6. The molecule has 2 rings (SSSR count). The lowest BCUT2D eigenvalue weighted by molar-refractivity contribution is -0.389. The number of carbonyl (C=O) groups is 2. The summed E-state index contributed by atoms with van der Waals surface area (Å²) in [4.78, 5) is 36.1. The van der Waals surface area contributed by atoms with Crippen molar-refractivity contribution in [3.05, 3.63) is 27.9 Å². The standard InChI is InChI=1S/C11H13N3O6/c1-11(20-4-9(15)16)5-13(6-11)10(17)7-2-3-8(12-7)14(18)19/h2-3,12H,4-6H2,1H3,(H,15,16). The number of likely N-dealkylation sites (tertiary alicyclic amines) is 1. The van der Waals surface area contributed by atoms with Crippen molar-refractivity contribution in [3.63, 3.8) is 0 Å². The summed E-state index contributed by atoms with van der Waals surface area (Å²) in [5.41, 5.74) is -0.566. The maximum Gasteiger partial charge on any atom is 0.329 e. The Labute approximate surface area is 113 Å². The Morgan fingerprint density at radius 3 is 2.70 bits per heavy atom. The van der Waals surface area contributed by atoms with Crippen LogP contribution in [0.3, 0.4) is 0 Å². The summed E-state index contributed by atoms with van der Waals surface area (Å²) in [6.45, 7) is 1.77. The molecule has 9 nitrogen and oxygen atoms in total. The fourth-order valence-corrected chi connectivity index (χ4v) is 2.02. The molecule has 0 spiro atoms. The highest BCUT2D eigenvalue weighted by molar-refractivity contribution is 5.93. The Hall–Kier alpha value is -2.42. The number of aliphatic carboxylic acids is 1. The summed E-state index contributed by atoms with van der Waals surface area (Å²) in [6, 6.07) is 2.56. The average molecular weight is 283 g/mol. The van der Waals surface area contributed by atoms with E-state index < -0.39 is 23.1 Å². The number of aromatic amines is 1. The third-order valence-electron chi connectivity index (χ3n) is 2.98. The van der Waals surface area contributed by atoms with Gasteiger partial charge in [-0.2, -0.15) is 0 Å². The van der Waals surface area contributed by atoms with Crippen LogP contribution in [-0.4, -0.2) is 57.1 Å². The molecule has 1 aliphatic rings. The van der Waals surface area contributed by atoms with E-state index in [4.69, 9.17) is 9.84 Å². The van der Waals surface area contributed by atoms with Gasteiger partial charge in [0.25, 0.3) is 5.91 Å². The first-order valence-electron chi connectivity index (χ1n) is 5.79. The fourth-order valence-electron chi connectivity index (χ4n) is 2.02. The number of ether oxygens (including phenoxy) is 1. The van der Waals surface area contributed by atoms with Crippen LogP contribution >= 0.6 is 0 Å². The number of rotatable bonds is 5. The van der Waals surface area contributed by atoms with Crippen LogP contribution in [0.2, 0.25) is 0 Å². The Morgan fingerprint density at radius 2 is 2.20 bits per heavy atom. The van der Waals surface area contributed by atoms with E-state index in [1.54, 1.807) is 6.92 Å². The van der Waals surface area contributed by atoms with Crippen LogP contribution in [0.1, 0.15) is 17.4 Å². The SMILES string of the molecule is CC1(OCC(=O)O)CN(C(=O)c2ccc([N+](=O)[O-])[nH]2)C1. The first kappa shape index (κ1) is 14.0. The molecule has 20 heavy (non-hydrogen) atoms. The summed E-state index contributed by atoms with van der Waals surface area (Å²) in [5, 5.41) is 19.0. The summed E-state index contributed by atoms with van der Waals surface area (Å²) < 4.78 is 5.17. The molecule has 1 amide bonds. The van der Waals surface area contributed by atoms with Crippen LogP contribution in [0.5, 0.6) is 0 Å². The summed E-state index contributed by atoms with van der Waals surface area (Å²) in [7, 11) is 0. The zero-order valence-electron chi connectivity index (χ0n) is 10.7. The minimum atomic E-state index is -1.07. The molecule has 1 aromatic rings. The fraction of sp³-hybridized carbons (Fsp3) is 0.455. The maximum atomic E-state index is 12.0. The molecule has 0 bridgehead atoms. The quantitative estimate of drug-likeness (QED) is 0.588. The molecule has 1 saturated heterocycles. The van der Waals surface area contributed by atoms with Gasteiger partial charge in [0.1, 0.15) is 12.2 Å². The van der Waals surface area contributed by atoms with Gasteiger partial charge in [-0.25, -0.2) is 9.78 Å². The number of hydrogen-bond acceptors (Lipinski definition) is 5. The lowest BCUT2D eigenvalue weighted by Crippen LogP contribution is -2.63. The summed E-state index contributed by atoms with van der Waals surface area (Å²) in [5.74, 6) is -1.70. The van der Waals surface area contributed by atoms with Crippen molar-refractivity contribution in [2.75, 3.05) is 19.7 Å². The van der Waals surface area contributed by atoms with Crippen molar-refractivity contribution in [1.82, 2.24) is 9.88 Å². The topological polar surface area (TPSA) is 126 Å². The van der Waals surface area contributed by atoms with E-state index in [9.17, 15) is 19.7 Å². The Kier molecular flexibility index (Phi) is 3.45. The van der Waals surface area contributed by atoms with Gasteiger partial charge in [0, 0.05) is 6.07 Å². The monoisotopic (exact) mass is 283 g/mol. The number of nitrogens with zero attached hydrogens (tertiary/aromatic N) is 2. The van der Waals surface area contributed by atoms with Crippen molar-refractivity contribution in [2.24, 2.45) is 0 Å². The van der Waals surface area contributed by atoms with E-state index in [0.717, 1.165) is 0 Å². The van der Waals surface area contributed by atoms with E-state index >= 15 is 0 Å². The molecule has 0 saturated carbocycles. The van der Waals surface area contributed by atoms with Gasteiger partial charge in [-0.15, -0.1) is 0 Å². The third kappa shape index (κ3) is 2.77. The summed E-state index contributed by atoms with van der Waals surface area (Å²) >= 11 is 0. The maximum absolute atomic E-state index is 12.0. The van der Waals surface area contributed by atoms with Crippen LogP contribution in [0.4, 0.5) is 5.82 Å². The summed E-state index contributed by atoms with van der Waals surface area (Å²) in [6.07, 6.45) is 0. The molecule has 108 valence electrons. The number of H-pyrrole nitrogens is 1. The van der Waals surface area contributed by atoms with Gasteiger partial charge < -0.3 is 24.9 Å². The van der Waals surface area contributed by atoms with Gasteiger partial charge in [0.2, 0.25) is 0 Å². The third-order valence-corrected chi connectivity index (χ3v) is 2.98. The Balaban J connectivity index is 1.92. The number of carboxylic acid groups (broad SMARTS) is 1. The van der Waals surface area contributed by atoms with Crippen molar-refractivity contribution >= 4 is 17.7 Å². The Bertz CT molecular complexity index is 560. The smallest absolute Gasteiger partial charge is 0.329 e. The van der Waals surface area contributed by atoms with Crippen molar-refractivity contribution in [1.29, 1.82) is 0 Å². The van der Waals surface area contributed by atoms with Crippen LogP contribution < -0.4 is 0 Å². The van der Waals surface area contributed by atoms with Gasteiger partial charge in [-0.1, -0.05) is 0 Å². The van der Waals surface area contributed by atoms with Crippen molar-refractivity contribution < 1.29 is 24.4 Å². The van der Waals surface area contributed by atoms with E-state index in [2.05, 4.69) is 4.98 Å². The van der Waals surface area contributed by atoms with E-state index in [-0.39, 0.29) is 30.5 Å². The van der Waals surface area contributed by atoms with Crippen LogP contribution in [0, 0.1) is 10.1 Å². The van der Waals surface area contributed by atoms with E-state index in [1.807, 2.05) is 0 Å². The molecule has 1 aliphatic heterocycles. The van der Waals surface area contributed by atoms with E-state index in [1.165, 1.54) is 17.0 Å². The first-order chi connectivity index (χ1) is 9.31. The second-order valence-electron chi connectivity index (χ2n) is 4.81. The highest BCUT2D eigenvalue weighted by Gasteiger charge is 2.43. The minimum Gasteiger partial charge on any atom is -0.480 e. The molecule has 9 heteroatoms. The van der Waals surface area contributed by atoms with Gasteiger partial charge >= 0.3 is 11.8 Å². The van der Waals surface area contributed by atoms with E-state index in [0.29, 0.717) is 0 Å². The number of nitrogens with one attached hydrogen (secondary N) is 1. The molecule has 0 atom stereocenters. The van der Waals surface area contributed by atoms with Crippen LogP contribution in [0.15, 0.2) is 12.1 Å². The lowest BCUT2D eigenvalue weighted by Gasteiger charge is -2.46. The minimum absolute atomic E-state index is 0.122. The molecule has 1 fully saturated rings. The lowest BCUT2D eigenvalue weighted by atomic mass is 9.96. The van der Waals surface area contributed by atoms with Gasteiger partial charge in [0.15, 0.2) is 5.69 Å². The van der Waals surface area contributed by atoms with Crippen molar-refractivity contribution in [2.45, 2.75) is 12.5 Å². The number of carboxylic acids is 1. The van der Waals surface area contributed by atoms with Crippen molar-refractivity contribution in [3.8, 4) is 0 Å². The number of hydrogen-bond donors (Lipinski definition) is 2. The molecule has 2 heterocycles. The van der Waals surface area contributed by atoms with Crippen LogP contribution in [0.25, 0.3) is 0 Å². The normalized spacial score (nSPS) is 16.6. The molecular formula is C11H13N3O6. The molecule has 0 aliphatic carbocycles. The first-order valence-corrected chi connectivity index (χ1v) is 5.79. The zero-order valence-corrected chi connectivity index (χ0v) is 10.7. The second-order valence-corrected chi connectivity index (χ2v) is 4.81. The largest absolute Gasteiger partial charge is 0.480 e. The molecular weight excluding hydrogens is 270 g/mol. The number of carbonyl (C=O) groups excluding carboxylic acids is 1. The average Bonchev–Trinajstić information content (AvgIpc) is 2.81. The number of amides is 1. The predicted octanol–water partition coefficient (Wildman–Crippen LogP) is 0.239. The second kappa shape index (κ2) is 4.93. The molecule has 0 unspecified atom stereocenters.